The summed E-state index contributed by atoms with van der Waals surface area (Å²) in [6.45, 7) is 6.21. The summed E-state index contributed by atoms with van der Waals surface area (Å²) in [4.78, 5) is 11.1. The van der Waals surface area contributed by atoms with E-state index in [0.717, 1.165) is 24.6 Å². The van der Waals surface area contributed by atoms with Crippen LogP contribution < -0.4 is 16.0 Å². The van der Waals surface area contributed by atoms with Crippen molar-refractivity contribution in [2.24, 2.45) is 0 Å². The van der Waals surface area contributed by atoms with Crippen LogP contribution in [-0.2, 0) is 0 Å². The minimum atomic E-state index is 0.633. The molecule has 122 valence electrons. The van der Waals surface area contributed by atoms with Gasteiger partial charge in [-0.25, -0.2) is 9.97 Å². The van der Waals surface area contributed by atoms with E-state index in [1.807, 2.05) is 0 Å². The Morgan fingerprint density at radius 2 is 1.61 bits per heavy atom. The van der Waals surface area contributed by atoms with Crippen LogP contribution in [-0.4, -0.2) is 23.1 Å². The molecule has 1 aliphatic heterocycles. The fourth-order valence-corrected chi connectivity index (χ4v) is 3.20. The lowest BCUT2D eigenvalue weighted by molar-refractivity contribution is 0.726. The minimum absolute atomic E-state index is 0.633. The van der Waals surface area contributed by atoms with Crippen LogP contribution in [0.2, 0.25) is 0 Å². The van der Waals surface area contributed by atoms with Crippen molar-refractivity contribution >= 4 is 23.0 Å². The molecule has 23 heavy (non-hydrogen) atoms. The highest BCUT2D eigenvalue weighted by atomic mass is 15.2. The number of nitrogens with zero attached hydrogens (tertiary/aromatic N) is 3. The number of nitrogens with one attached hydrogen (secondary N) is 1. The smallest absolute Gasteiger partial charge is 0.159 e. The first kappa shape index (κ1) is 15.6. The molecule has 2 aromatic rings. The molecule has 0 bridgehead atoms. The number of anilines is 4. The van der Waals surface area contributed by atoms with Crippen molar-refractivity contribution in [1.29, 1.82) is 0 Å². The number of nitrogen functional groups attached to an aromatic ring is 1. The van der Waals surface area contributed by atoms with Gasteiger partial charge in [-0.1, -0.05) is 18.9 Å². The van der Waals surface area contributed by atoms with Crippen molar-refractivity contribution in [3.63, 3.8) is 0 Å². The van der Waals surface area contributed by atoms with Crippen LogP contribution >= 0.6 is 0 Å². The molecule has 0 atom stereocenters. The molecule has 0 saturated carbocycles. The molecule has 1 fully saturated rings. The predicted molar refractivity (Wildman–Crippen MR) is 96.3 cm³/mol. The Labute approximate surface area is 137 Å². The Kier molecular flexibility index (Phi) is 4.65. The molecule has 1 aromatic carbocycles. The number of rotatable bonds is 3. The van der Waals surface area contributed by atoms with Crippen LogP contribution in [0.1, 0.15) is 36.8 Å². The molecule has 1 aromatic heterocycles. The van der Waals surface area contributed by atoms with Gasteiger partial charge in [0.05, 0.1) is 0 Å². The van der Waals surface area contributed by atoms with Gasteiger partial charge in [-0.3, -0.25) is 0 Å². The highest BCUT2D eigenvalue weighted by Crippen LogP contribution is 2.30. The summed E-state index contributed by atoms with van der Waals surface area (Å²) in [6.07, 6.45) is 6.57. The number of benzene rings is 1. The van der Waals surface area contributed by atoms with Crippen molar-refractivity contribution in [2.75, 3.05) is 29.0 Å². The minimum Gasteiger partial charge on any atom is -0.393 e. The molecule has 0 spiro atoms. The average molecular weight is 311 g/mol. The second kappa shape index (κ2) is 6.86. The molecule has 3 rings (SSSR count). The van der Waals surface area contributed by atoms with Crippen LogP contribution in [0.25, 0.3) is 0 Å². The standard InChI is InChI=1S/C18H25N5/c1-13-9-14(2)11-15(10-13)22-17-16(19)18(21-12-20-17)23-7-5-3-4-6-8-23/h9-12H,3-8,19H2,1-2H3,(H,20,21,22). The van der Waals surface area contributed by atoms with Crippen LogP contribution in [0.3, 0.4) is 0 Å². The lowest BCUT2D eigenvalue weighted by atomic mass is 10.1. The first-order valence-corrected chi connectivity index (χ1v) is 8.34. The number of aromatic nitrogens is 2. The molecule has 1 saturated heterocycles. The summed E-state index contributed by atoms with van der Waals surface area (Å²) in [5, 5.41) is 3.35. The van der Waals surface area contributed by atoms with Gasteiger partial charge in [0.1, 0.15) is 12.0 Å². The molecule has 2 heterocycles. The number of hydrogen-bond donors (Lipinski definition) is 2. The van der Waals surface area contributed by atoms with Gasteiger partial charge in [0.2, 0.25) is 0 Å². The first-order valence-electron chi connectivity index (χ1n) is 8.34. The Morgan fingerprint density at radius 3 is 2.26 bits per heavy atom. The van der Waals surface area contributed by atoms with E-state index in [2.05, 4.69) is 52.2 Å². The van der Waals surface area contributed by atoms with E-state index in [1.165, 1.54) is 36.8 Å². The SMILES string of the molecule is Cc1cc(C)cc(Nc2ncnc(N3CCCCCC3)c2N)c1. The van der Waals surface area contributed by atoms with E-state index in [-0.39, 0.29) is 0 Å². The number of hydrogen-bond acceptors (Lipinski definition) is 5. The van der Waals surface area contributed by atoms with Gasteiger partial charge in [-0.15, -0.1) is 0 Å². The lowest BCUT2D eigenvalue weighted by Gasteiger charge is -2.23. The van der Waals surface area contributed by atoms with Crippen LogP contribution in [0, 0.1) is 13.8 Å². The summed E-state index contributed by atoms with van der Waals surface area (Å²) in [7, 11) is 0. The Balaban J connectivity index is 1.86. The molecule has 5 nitrogen and oxygen atoms in total. The van der Waals surface area contributed by atoms with Crippen LogP contribution in [0.15, 0.2) is 24.5 Å². The second-order valence-corrected chi connectivity index (χ2v) is 6.36. The number of nitrogens with two attached hydrogens (primary N) is 1. The van der Waals surface area contributed by atoms with Crippen molar-refractivity contribution < 1.29 is 0 Å². The largest absolute Gasteiger partial charge is 0.393 e. The number of aryl methyl sites for hydroxylation is 2. The third-order valence-corrected chi connectivity index (χ3v) is 4.25. The normalized spacial score (nSPS) is 15.3. The molecule has 5 heteroatoms. The molecule has 0 unspecified atom stereocenters. The Bertz CT molecular complexity index is 655. The third kappa shape index (κ3) is 3.73. The molecule has 0 amide bonds. The van der Waals surface area contributed by atoms with Gasteiger partial charge >= 0.3 is 0 Å². The molecule has 1 aliphatic rings. The fourth-order valence-electron chi connectivity index (χ4n) is 3.20. The predicted octanol–water partition coefficient (Wildman–Crippen LogP) is 3.80. The van der Waals surface area contributed by atoms with Gasteiger partial charge in [0, 0.05) is 18.8 Å². The summed E-state index contributed by atoms with van der Waals surface area (Å²) in [5.74, 6) is 1.54. The van der Waals surface area contributed by atoms with Crippen molar-refractivity contribution in [2.45, 2.75) is 39.5 Å². The monoisotopic (exact) mass is 311 g/mol. The van der Waals surface area contributed by atoms with Crippen molar-refractivity contribution in [1.82, 2.24) is 9.97 Å². The summed E-state index contributed by atoms with van der Waals surface area (Å²) < 4.78 is 0. The highest BCUT2D eigenvalue weighted by molar-refractivity contribution is 5.78. The van der Waals surface area contributed by atoms with E-state index < -0.39 is 0 Å². The fraction of sp³-hybridized carbons (Fsp3) is 0.444. The van der Waals surface area contributed by atoms with E-state index in [0.29, 0.717) is 11.5 Å². The summed E-state index contributed by atoms with van der Waals surface area (Å²) in [5.41, 5.74) is 10.4. The van der Waals surface area contributed by atoms with Crippen molar-refractivity contribution in [3.8, 4) is 0 Å². The molecule has 0 radical (unpaired) electrons. The molecule has 0 aliphatic carbocycles. The Hall–Kier alpha value is -2.30. The second-order valence-electron chi connectivity index (χ2n) is 6.36. The maximum Gasteiger partial charge on any atom is 0.159 e. The maximum absolute atomic E-state index is 6.36. The summed E-state index contributed by atoms with van der Waals surface area (Å²) >= 11 is 0. The van der Waals surface area contributed by atoms with E-state index in [1.54, 1.807) is 6.33 Å². The van der Waals surface area contributed by atoms with Crippen molar-refractivity contribution in [3.05, 3.63) is 35.7 Å². The Morgan fingerprint density at radius 1 is 0.957 bits per heavy atom. The van der Waals surface area contributed by atoms with Gasteiger partial charge in [0.15, 0.2) is 11.6 Å². The highest BCUT2D eigenvalue weighted by Gasteiger charge is 2.16. The first-order chi connectivity index (χ1) is 11.1. The molecule has 3 N–H and O–H groups in total. The zero-order chi connectivity index (χ0) is 16.2. The third-order valence-electron chi connectivity index (χ3n) is 4.25. The van der Waals surface area contributed by atoms with Gasteiger partial charge in [0.25, 0.3) is 0 Å². The quantitative estimate of drug-likeness (QED) is 0.902. The zero-order valence-electron chi connectivity index (χ0n) is 14.0. The van der Waals surface area contributed by atoms with Gasteiger partial charge in [-0.2, -0.15) is 0 Å². The van der Waals surface area contributed by atoms with Crippen LogP contribution in [0.4, 0.5) is 23.0 Å². The average Bonchev–Trinajstić information content (AvgIpc) is 2.77. The van der Waals surface area contributed by atoms with Crippen LogP contribution in [0.5, 0.6) is 0 Å². The van der Waals surface area contributed by atoms with E-state index >= 15 is 0 Å². The van der Waals surface area contributed by atoms with Gasteiger partial charge < -0.3 is 16.0 Å². The summed E-state index contributed by atoms with van der Waals surface area (Å²) in [6, 6.07) is 6.34. The molecular weight excluding hydrogens is 286 g/mol. The molecular formula is C18H25N5. The lowest BCUT2D eigenvalue weighted by Crippen LogP contribution is -2.26. The maximum atomic E-state index is 6.36. The zero-order valence-corrected chi connectivity index (χ0v) is 14.0. The van der Waals surface area contributed by atoms with E-state index in [4.69, 9.17) is 5.73 Å². The van der Waals surface area contributed by atoms with Gasteiger partial charge in [-0.05, 0) is 49.9 Å². The topological polar surface area (TPSA) is 67.1 Å². The van der Waals surface area contributed by atoms with E-state index in [9.17, 15) is 0 Å².